The first-order valence-corrected chi connectivity index (χ1v) is 6.86. The van der Waals surface area contributed by atoms with E-state index in [1.165, 1.54) is 0 Å². The maximum Gasteiger partial charge on any atom is 0.183 e. The van der Waals surface area contributed by atoms with Crippen LogP contribution in [0, 0.1) is 0 Å². The summed E-state index contributed by atoms with van der Waals surface area (Å²) in [5, 5.41) is 13.7. The smallest absolute Gasteiger partial charge is 0.183 e. The van der Waals surface area contributed by atoms with Gasteiger partial charge in [0.15, 0.2) is 11.5 Å². The molecule has 1 fully saturated rings. The van der Waals surface area contributed by atoms with Crippen molar-refractivity contribution in [2.24, 2.45) is 0 Å². The van der Waals surface area contributed by atoms with Crippen LogP contribution < -0.4 is 14.8 Å². The van der Waals surface area contributed by atoms with Crippen molar-refractivity contribution in [2.75, 3.05) is 39.4 Å². The molecule has 2 N–H and O–H groups in total. The van der Waals surface area contributed by atoms with Crippen LogP contribution in [0.2, 0.25) is 5.02 Å². The molecule has 1 saturated heterocycles. The van der Waals surface area contributed by atoms with Crippen molar-refractivity contribution in [2.45, 2.75) is 6.54 Å². The van der Waals surface area contributed by atoms with Gasteiger partial charge in [-0.25, -0.2) is 0 Å². The Hall–Kier alpha value is -1.17. The third-order valence-electron chi connectivity index (χ3n) is 3.43. The van der Waals surface area contributed by atoms with Gasteiger partial charge in [0.25, 0.3) is 0 Å². The molecule has 0 spiro atoms. The summed E-state index contributed by atoms with van der Waals surface area (Å²) < 4.78 is 11.0. The Labute approximate surface area is 117 Å². The molecule has 0 amide bonds. The van der Waals surface area contributed by atoms with Crippen molar-refractivity contribution in [3.8, 4) is 17.2 Å². The number of rotatable bonds is 2. The number of phenolic OH excluding ortho intramolecular Hbond substituents is 1. The number of ether oxygens (including phenoxy) is 2. The van der Waals surface area contributed by atoms with Gasteiger partial charge in [0.05, 0.1) is 0 Å². The van der Waals surface area contributed by atoms with Crippen LogP contribution in [-0.2, 0) is 6.54 Å². The average molecular weight is 285 g/mol. The van der Waals surface area contributed by atoms with Crippen LogP contribution in [0.25, 0.3) is 0 Å². The van der Waals surface area contributed by atoms with E-state index in [1.807, 2.05) is 6.07 Å². The fourth-order valence-corrected chi connectivity index (χ4v) is 2.69. The number of hydrogen-bond donors (Lipinski definition) is 2. The predicted molar refractivity (Wildman–Crippen MR) is 72.3 cm³/mol. The van der Waals surface area contributed by atoms with E-state index < -0.39 is 0 Å². The highest BCUT2D eigenvalue weighted by atomic mass is 35.5. The zero-order valence-corrected chi connectivity index (χ0v) is 11.4. The summed E-state index contributed by atoms with van der Waals surface area (Å²) in [7, 11) is 0. The van der Waals surface area contributed by atoms with E-state index in [0.29, 0.717) is 31.3 Å². The van der Waals surface area contributed by atoms with Gasteiger partial charge in [0, 0.05) is 38.3 Å². The van der Waals surface area contributed by atoms with Gasteiger partial charge >= 0.3 is 0 Å². The Balaban J connectivity index is 1.86. The van der Waals surface area contributed by atoms with E-state index in [4.69, 9.17) is 21.1 Å². The van der Waals surface area contributed by atoms with E-state index >= 15 is 0 Å². The zero-order valence-electron chi connectivity index (χ0n) is 10.6. The molecule has 5 nitrogen and oxygen atoms in total. The molecule has 19 heavy (non-hydrogen) atoms. The highest BCUT2D eigenvalue weighted by molar-refractivity contribution is 6.33. The predicted octanol–water partition coefficient (Wildman–Crippen LogP) is 1.22. The molecule has 0 aromatic heterocycles. The van der Waals surface area contributed by atoms with Gasteiger partial charge in [-0.05, 0) is 6.07 Å². The number of hydrogen-bond acceptors (Lipinski definition) is 5. The first-order valence-electron chi connectivity index (χ1n) is 6.48. The van der Waals surface area contributed by atoms with Crippen molar-refractivity contribution in [3.63, 3.8) is 0 Å². The molecule has 1 aromatic rings. The molecule has 104 valence electrons. The van der Waals surface area contributed by atoms with Crippen molar-refractivity contribution in [1.29, 1.82) is 0 Å². The van der Waals surface area contributed by atoms with Crippen molar-refractivity contribution >= 4 is 11.6 Å². The average Bonchev–Trinajstić information content (AvgIpc) is 2.46. The third-order valence-corrected chi connectivity index (χ3v) is 3.78. The van der Waals surface area contributed by atoms with E-state index in [9.17, 15) is 5.11 Å². The normalized spacial score (nSPS) is 19.4. The quantitative estimate of drug-likeness (QED) is 0.855. The van der Waals surface area contributed by atoms with Crippen LogP contribution in [0.5, 0.6) is 17.2 Å². The molecular weight excluding hydrogens is 268 g/mol. The number of halogens is 1. The highest BCUT2D eigenvalue weighted by Gasteiger charge is 2.23. The lowest BCUT2D eigenvalue weighted by molar-refractivity contribution is 0.170. The summed E-state index contributed by atoms with van der Waals surface area (Å²) in [6.07, 6.45) is 0. The molecular formula is C13H17ClN2O3. The number of benzene rings is 1. The molecule has 0 atom stereocenters. The van der Waals surface area contributed by atoms with Crippen LogP contribution in [0.4, 0.5) is 0 Å². The van der Waals surface area contributed by atoms with Crippen LogP contribution in [0.15, 0.2) is 6.07 Å². The van der Waals surface area contributed by atoms with Crippen molar-refractivity contribution < 1.29 is 14.6 Å². The second-order valence-electron chi connectivity index (χ2n) is 4.75. The summed E-state index contributed by atoms with van der Waals surface area (Å²) in [6.45, 7) is 5.52. The summed E-state index contributed by atoms with van der Waals surface area (Å²) in [5.41, 5.74) is 0.788. The van der Waals surface area contributed by atoms with Gasteiger partial charge in [-0.2, -0.15) is 0 Å². The molecule has 1 aromatic carbocycles. The first kappa shape index (κ1) is 12.8. The summed E-state index contributed by atoms with van der Waals surface area (Å²) >= 11 is 6.15. The van der Waals surface area contributed by atoms with Gasteiger partial charge in [-0.15, -0.1) is 0 Å². The zero-order chi connectivity index (χ0) is 13.2. The lowest BCUT2D eigenvalue weighted by atomic mass is 10.1. The standard InChI is InChI=1S/C13H17ClN2O3/c14-11-12(17)9(8-16-3-1-15-2-4-16)7-10-13(11)19-6-5-18-10/h7,15,17H,1-6,8H2. The Kier molecular flexibility index (Phi) is 3.68. The van der Waals surface area contributed by atoms with Crippen LogP contribution in [0.1, 0.15) is 5.56 Å². The fraction of sp³-hybridized carbons (Fsp3) is 0.538. The molecule has 0 unspecified atom stereocenters. The monoisotopic (exact) mass is 284 g/mol. The van der Waals surface area contributed by atoms with Gasteiger partial charge < -0.3 is 19.9 Å². The largest absolute Gasteiger partial charge is 0.506 e. The number of phenols is 1. The number of nitrogens with zero attached hydrogens (tertiary/aromatic N) is 1. The molecule has 0 radical (unpaired) electrons. The molecule has 2 aliphatic rings. The summed E-state index contributed by atoms with van der Waals surface area (Å²) in [5.74, 6) is 1.18. The second kappa shape index (κ2) is 5.45. The number of fused-ring (bicyclic) bond motifs is 1. The lowest BCUT2D eigenvalue weighted by Gasteiger charge is -2.28. The summed E-state index contributed by atoms with van der Waals surface area (Å²) in [4.78, 5) is 2.28. The molecule has 6 heteroatoms. The fourth-order valence-electron chi connectivity index (χ4n) is 2.42. The maximum atomic E-state index is 10.2. The van der Waals surface area contributed by atoms with Crippen LogP contribution in [-0.4, -0.2) is 49.4 Å². The SMILES string of the molecule is Oc1c(CN2CCNCC2)cc2c(c1Cl)OCCO2. The molecule has 0 bridgehead atoms. The Morgan fingerprint density at radius 3 is 2.79 bits per heavy atom. The van der Waals surface area contributed by atoms with Gasteiger partial charge in [0.2, 0.25) is 0 Å². The molecule has 0 saturated carbocycles. The second-order valence-corrected chi connectivity index (χ2v) is 5.13. The summed E-state index contributed by atoms with van der Waals surface area (Å²) in [6, 6.07) is 1.83. The van der Waals surface area contributed by atoms with Gasteiger partial charge in [-0.3, -0.25) is 4.90 Å². The van der Waals surface area contributed by atoms with E-state index in [-0.39, 0.29) is 10.8 Å². The van der Waals surface area contributed by atoms with E-state index in [0.717, 1.165) is 31.7 Å². The Morgan fingerprint density at radius 2 is 2.00 bits per heavy atom. The van der Waals surface area contributed by atoms with Crippen LogP contribution in [0.3, 0.4) is 0 Å². The number of aromatic hydroxyl groups is 1. The number of piperazine rings is 1. The van der Waals surface area contributed by atoms with Crippen LogP contribution >= 0.6 is 11.6 Å². The highest BCUT2D eigenvalue weighted by Crippen LogP contribution is 2.45. The minimum atomic E-state index is 0.101. The first-order chi connectivity index (χ1) is 9.25. The van der Waals surface area contributed by atoms with E-state index in [1.54, 1.807) is 0 Å². The molecule has 2 aliphatic heterocycles. The minimum Gasteiger partial charge on any atom is -0.506 e. The van der Waals surface area contributed by atoms with Crippen molar-refractivity contribution in [3.05, 3.63) is 16.7 Å². The number of nitrogens with one attached hydrogen (secondary N) is 1. The Morgan fingerprint density at radius 1 is 1.26 bits per heavy atom. The van der Waals surface area contributed by atoms with Gasteiger partial charge in [-0.1, -0.05) is 11.6 Å². The topological polar surface area (TPSA) is 54.0 Å². The lowest BCUT2D eigenvalue weighted by Crippen LogP contribution is -2.42. The van der Waals surface area contributed by atoms with Gasteiger partial charge in [0.1, 0.15) is 24.0 Å². The third kappa shape index (κ3) is 2.59. The van der Waals surface area contributed by atoms with E-state index in [2.05, 4.69) is 10.2 Å². The molecule has 3 rings (SSSR count). The molecule has 2 heterocycles. The Bertz CT molecular complexity index is 475. The molecule has 0 aliphatic carbocycles. The van der Waals surface area contributed by atoms with Crippen molar-refractivity contribution in [1.82, 2.24) is 10.2 Å². The minimum absolute atomic E-state index is 0.101. The maximum absolute atomic E-state index is 10.2.